The number of amides is 3. The van der Waals surface area contributed by atoms with E-state index in [9.17, 15) is 14.7 Å². The molecular formula is C24H35N5O3Si. The van der Waals surface area contributed by atoms with Crippen molar-refractivity contribution in [3.63, 3.8) is 0 Å². The minimum absolute atomic E-state index is 0.0624. The molecular weight excluding hydrogens is 434 g/mol. The van der Waals surface area contributed by atoms with Gasteiger partial charge in [-0.25, -0.2) is 4.79 Å². The fourth-order valence-electron chi connectivity index (χ4n) is 5.17. The van der Waals surface area contributed by atoms with Crippen LogP contribution in [0.15, 0.2) is 30.3 Å². The van der Waals surface area contributed by atoms with Crippen LogP contribution in [0, 0.1) is 0 Å². The number of aliphatic hydroxyl groups excluding tert-OH is 1. The highest BCUT2D eigenvalue weighted by atomic mass is 28.3. The van der Waals surface area contributed by atoms with Crippen LogP contribution < -0.4 is 10.6 Å². The van der Waals surface area contributed by atoms with E-state index in [1.165, 1.54) is 0 Å². The number of aromatic amines is 1. The summed E-state index contributed by atoms with van der Waals surface area (Å²) in [6.45, 7) is 10.8. The molecule has 2 aromatic rings. The summed E-state index contributed by atoms with van der Waals surface area (Å²) >= 11 is 0. The second kappa shape index (κ2) is 8.29. The van der Waals surface area contributed by atoms with Crippen molar-refractivity contribution in [3.8, 4) is 0 Å². The molecule has 1 aliphatic carbocycles. The number of urea groups is 1. The number of carbonyl (C=O) groups excluding carboxylic acids is 2. The van der Waals surface area contributed by atoms with Crippen LogP contribution in [0.1, 0.15) is 56.0 Å². The summed E-state index contributed by atoms with van der Waals surface area (Å²) in [5.74, 6) is 0.581. The van der Waals surface area contributed by atoms with Crippen LogP contribution in [0.25, 0.3) is 0 Å². The summed E-state index contributed by atoms with van der Waals surface area (Å²) in [6, 6.07) is 8.64. The number of hydrogen-bond donors (Lipinski definition) is 4. The first-order valence-electron chi connectivity index (χ1n) is 11.6. The molecule has 1 aromatic carbocycles. The van der Waals surface area contributed by atoms with E-state index in [-0.39, 0.29) is 23.6 Å². The highest BCUT2D eigenvalue weighted by molar-refractivity contribution is 6.83. The number of aromatic nitrogens is 2. The van der Waals surface area contributed by atoms with Crippen LogP contribution in [0.4, 0.5) is 10.6 Å². The zero-order valence-electron chi connectivity index (χ0n) is 20.2. The lowest BCUT2D eigenvalue weighted by Gasteiger charge is -2.48. The normalized spacial score (nSPS) is 19.4. The van der Waals surface area contributed by atoms with Gasteiger partial charge in [-0.15, -0.1) is 0 Å². The van der Waals surface area contributed by atoms with Crippen LogP contribution in [-0.4, -0.2) is 46.8 Å². The Bertz CT molecular complexity index is 1040. The Morgan fingerprint density at radius 2 is 1.88 bits per heavy atom. The number of nitrogens with one attached hydrogen (secondary N) is 3. The number of aliphatic hydroxyl groups is 1. The number of benzene rings is 1. The van der Waals surface area contributed by atoms with Crippen LogP contribution in [0.5, 0.6) is 0 Å². The van der Waals surface area contributed by atoms with Crippen molar-refractivity contribution >= 4 is 25.8 Å². The Morgan fingerprint density at radius 1 is 1.21 bits per heavy atom. The molecule has 2 aliphatic rings. The first-order valence-corrected chi connectivity index (χ1v) is 15.1. The zero-order valence-corrected chi connectivity index (χ0v) is 21.2. The van der Waals surface area contributed by atoms with Gasteiger partial charge >= 0.3 is 6.03 Å². The predicted octanol–water partition coefficient (Wildman–Crippen LogP) is 4.10. The lowest BCUT2D eigenvalue weighted by atomic mass is 9.83. The van der Waals surface area contributed by atoms with Crippen molar-refractivity contribution < 1.29 is 14.7 Å². The third kappa shape index (κ3) is 3.87. The quantitative estimate of drug-likeness (QED) is 0.477. The van der Waals surface area contributed by atoms with Crippen molar-refractivity contribution in [1.82, 2.24) is 20.4 Å². The van der Waals surface area contributed by atoms with Crippen molar-refractivity contribution in [2.75, 3.05) is 11.9 Å². The fraction of sp³-hybridized carbons (Fsp3) is 0.542. The second-order valence-electron chi connectivity index (χ2n) is 10.8. The molecule has 178 valence electrons. The van der Waals surface area contributed by atoms with Crippen LogP contribution in [-0.2, 0) is 16.9 Å². The molecule has 1 fully saturated rings. The summed E-state index contributed by atoms with van der Waals surface area (Å²) in [5.41, 5.74) is 1.87. The smallest absolute Gasteiger partial charge is 0.319 e. The van der Waals surface area contributed by atoms with Gasteiger partial charge in [-0.05, 0) is 32.3 Å². The van der Waals surface area contributed by atoms with Crippen LogP contribution in [0.3, 0.4) is 0 Å². The molecule has 2 heterocycles. The molecule has 4 N–H and O–H groups in total. The molecule has 0 saturated heterocycles. The Balaban J connectivity index is 1.52. The van der Waals surface area contributed by atoms with Crippen LogP contribution >= 0.6 is 0 Å². The molecule has 1 aromatic heterocycles. The van der Waals surface area contributed by atoms with Gasteiger partial charge in [-0.1, -0.05) is 56.4 Å². The Hall–Kier alpha value is -2.65. The van der Waals surface area contributed by atoms with Gasteiger partial charge in [0.15, 0.2) is 5.82 Å². The average molecular weight is 470 g/mol. The molecule has 0 unspecified atom stereocenters. The van der Waals surface area contributed by atoms with E-state index in [2.05, 4.69) is 40.5 Å². The predicted molar refractivity (Wildman–Crippen MR) is 130 cm³/mol. The number of anilines is 1. The maximum absolute atomic E-state index is 13.3. The minimum Gasteiger partial charge on any atom is -0.394 e. The standard InChI is InChI=1S/C24H35N5O3Si/c1-23(2)19-17(14-29(23)22(32)25-18(15-30)16-10-7-6-8-11-16)20(28-27-19)26-21(31)24(12-9-13-24)33(3,4)5/h6-8,10-11,18,30H,9,12-15H2,1-5H3,(H,25,32)(H2,26,27,28,31)/t18-/m0/s1. The third-order valence-corrected chi connectivity index (χ3v) is 11.3. The summed E-state index contributed by atoms with van der Waals surface area (Å²) in [5, 5.41) is 23.1. The van der Waals surface area contributed by atoms with E-state index < -0.39 is 19.7 Å². The lowest BCUT2D eigenvalue weighted by molar-refractivity contribution is -0.121. The Labute approximate surface area is 196 Å². The molecule has 1 atom stereocenters. The van der Waals surface area contributed by atoms with E-state index >= 15 is 0 Å². The number of H-pyrrole nitrogens is 1. The van der Waals surface area contributed by atoms with Gasteiger partial charge in [-0.2, -0.15) is 5.10 Å². The fourth-order valence-corrected chi connectivity index (χ4v) is 7.76. The van der Waals surface area contributed by atoms with Gasteiger partial charge in [0.1, 0.15) is 0 Å². The summed E-state index contributed by atoms with van der Waals surface area (Å²) < 4.78 is 0. The van der Waals surface area contributed by atoms with E-state index in [1.807, 2.05) is 44.2 Å². The lowest BCUT2D eigenvalue weighted by Crippen LogP contribution is -2.52. The minimum atomic E-state index is -1.71. The monoisotopic (exact) mass is 469 g/mol. The number of hydrogen-bond acceptors (Lipinski definition) is 4. The SMILES string of the molecule is CC1(C)c2[nH]nc(NC(=O)C3([Si](C)(C)C)CCC3)c2CN1C(=O)N[C@@H](CO)c1ccccc1. The van der Waals surface area contributed by atoms with Crippen molar-refractivity contribution in [2.24, 2.45) is 0 Å². The van der Waals surface area contributed by atoms with E-state index in [0.29, 0.717) is 12.4 Å². The molecule has 33 heavy (non-hydrogen) atoms. The summed E-state index contributed by atoms with van der Waals surface area (Å²) in [6.07, 6.45) is 2.96. The summed E-state index contributed by atoms with van der Waals surface area (Å²) in [7, 11) is -1.71. The first-order chi connectivity index (χ1) is 15.5. The second-order valence-corrected chi connectivity index (χ2v) is 16.3. The number of rotatable bonds is 6. The average Bonchev–Trinajstić information content (AvgIpc) is 3.23. The molecule has 9 heteroatoms. The highest BCUT2D eigenvalue weighted by Gasteiger charge is 2.54. The Kier molecular flexibility index (Phi) is 5.90. The Morgan fingerprint density at radius 3 is 2.42 bits per heavy atom. The molecule has 8 nitrogen and oxygen atoms in total. The first kappa shape index (κ1) is 23.5. The van der Waals surface area contributed by atoms with E-state index in [0.717, 1.165) is 36.1 Å². The summed E-state index contributed by atoms with van der Waals surface area (Å²) in [4.78, 5) is 28.3. The van der Waals surface area contributed by atoms with Crippen molar-refractivity contribution in [1.29, 1.82) is 0 Å². The molecule has 3 amide bonds. The zero-order chi connectivity index (χ0) is 24.0. The van der Waals surface area contributed by atoms with Gasteiger partial charge in [-0.3, -0.25) is 9.89 Å². The molecule has 1 saturated carbocycles. The highest BCUT2D eigenvalue weighted by Crippen LogP contribution is 2.56. The van der Waals surface area contributed by atoms with Gasteiger partial charge < -0.3 is 20.6 Å². The van der Waals surface area contributed by atoms with Crippen molar-refractivity contribution in [2.45, 2.75) is 75.9 Å². The number of carbonyl (C=O) groups is 2. The number of fused-ring (bicyclic) bond motifs is 1. The maximum Gasteiger partial charge on any atom is 0.319 e. The molecule has 1 aliphatic heterocycles. The largest absolute Gasteiger partial charge is 0.394 e. The molecule has 4 rings (SSSR count). The topological polar surface area (TPSA) is 110 Å². The molecule has 0 spiro atoms. The van der Waals surface area contributed by atoms with E-state index in [4.69, 9.17) is 0 Å². The molecule has 0 radical (unpaired) electrons. The van der Waals surface area contributed by atoms with Crippen LogP contribution in [0.2, 0.25) is 24.7 Å². The van der Waals surface area contributed by atoms with Gasteiger partial charge in [0.05, 0.1) is 38.5 Å². The van der Waals surface area contributed by atoms with Gasteiger partial charge in [0.2, 0.25) is 5.91 Å². The molecule has 0 bridgehead atoms. The maximum atomic E-state index is 13.3. The van der Waals surface area contributed by atoms with Crippen molar-refractivity contribution in [3.05, 3.63) is 47.2 Å². The number of nitrogens with zero attached hydrogens (tertiary/aromatic N) is 2. The third-order valence-electron chi connectivity index (χ3n) is 7.71. The van der Waals surface area contributed by atoms with Gasteiger partial charge in [0.25, 0.3) is 0 Å². The van der Waals surface area contributed by atoms with Gasteiger partial charge in [0, 0.05) is 10.6 Å². The van der Waals surface area contributed by atoms with E-state index in [1.54, 1.807) is 4.90 Å².